The summed E-state index contributed by atoms with van der Waals surface area (Å²) in [5.41, 5.74) is 8.38. The minimum absolute atomic E-state index is 0.0580. The fraction of sp³-hybridized carbons (Fsp3) is 0.512. The number of methoxy groups -OCH3 is 1. The van der Waals surface area contributed by atoms with Gasteiger partial charge in [0.1, 0.15) is 0 Å². The number of H-pyrrole nitrogens is 2. The SMILES string of the molecule is CC[C@H]1c2cc3[nH]c(c(CC(=O)OC)c4nc(cc5[nH]c(cc(n2)[C@@H]1C)c(C(C)=O)c5C)[C@@H](C)[C@@H]4CCC(=O)O)c(C(=O)NCCN1CCNCC1)c3C. The molecule has 8 bridgehead atoms. The van der Waals surface area contributed by atoms with Crippen molar-refractivity contribution in [2.75, 3.05) is 46.4 Å². The highest BCUT2D eigenvalue weighted by Crippen LogP contribution is 2.43. The highest BCUT2D eigenvalue weighted by Gasteiger charge is 2.34. The average molecular weight is 740 g/mol. The molecule has 3 aliphatic heterocycles. The van der Waals surface area contributed by atoms with Gasteiger partial charge in [0.15, 0.2) is 5.78 Å². The molecule has 54 heavy (non-hydrogen) atoms. The number of carbonyl (C=O) groups excluding carboxylic acids is 3. The van der Waals surface area contributed by atoms with Crippen molar-refractivity contribution in [1.82, 2.24) is 35.5 Å². The highest BCUT2D eigenvalue weighted by molar-refractivity contribution is 6.06. The van der Waals surface area contributed by atoms with E-state index in [2.05, 4.69) is 39.3 Å². The number of aryl methyl sites for hydroxylation is 2. The van der Waals surface area contributed by atoms with Crippen LogP contribution in [0.5, 0.6) is 0 Å². The molecule has 0 aliphatic carbocycles. The molecule has 3 aromatic heterocycles. The van der Waals surface area contributed by atoms with Gasteiger partial charge < -0.3 is 30.4 Å². The Morgan fingerprint density at radius 2 is 1.54 bits per heavy atom. The molecule has 6 rings (SSSR count). The minimum Gasteiger partial charge on any atom is -0.481 e. The van der Waals surface area contributed by atoms with Gasteiger partial charge in [-0.25, -0.2) is 0 Å². The number of hydrogen-bond donors (Lipinski definition) is 5. The number of carbonyl (C=O) groups is 4. The van der Waals surface area contributed by atoms with Crippen molar-refractivity contribution in [2.45, 2.75) is 90.9 Å². The molecule has 0 spiro atoms. The molecular weight excluding hydrogens is 686 g/mol. The standard InChI is InChI=1S/C41H53N7O6/c1-8-26-21(2)29-20-34-37(25(6)49)23(4)31(45-34)18-30-22(3)27(9-10-35(50)51)39(46-30)28(17-36(52)54-7)40-38(24(5)32(47-40)19-33(26)44-29)41(53)43-13-16-48-14-11-42-12-15-48/h18-22,26-27,42,45,47H,8-17H2,1-7H3,(H,43,53)(H,50,51)/t21-,22+,26-,27+/m1/s1. The zero-order valence-corrected chi connectivity index (χ0v) is 32.4. The summed E-state index contributed by atoms with van der Waals surface area (Å²) in [6, 6.07) is 5.88. The molecule has 1 saturated heterocycles. The smallest absolute Gasteiger partial charge is 0.310 e. The normalized spacial score (nSPS) is 20.1. The van der Waals surface area contributed by atoms with Crippen LogP contribution < -0.4 is 10.6 Å². The van der Waals surface area contributed by atoms with Gasteiger partial charge in [-0.05, 0) is 62.9 Å². The molecule has 0 unspecified atom stereocenters. The number of carboxylic acids is 1. The first-order valence-corrected chi connectivity index (χ1v) is 19.1. The number of aliphatic carboxylic acids is 1. The summed E-state index contributed by atoms with van der Waals surface area (Å²) in [7, 11) is 1.32. The highest BCUT2D eigenvalue weighted by atomic mass is 16.5. The van der Waals surface area contributed by atoms with Crippen LogP contribution in [0.25, 0.3) is 22.1 Å². The predicted molar refractivity (Wildman–Crippen MR) is 207 cm³/mol. The molecule has 1 amide bonds. The summed E-state index contributed by atoms with van der Waals surface area (Å²) in [5, 5.41) is 16.3. The van der Waals surface area contributed by atoms with Crippen molar-refractivity contribution in [2.24, 2.45) is 0 Å². The van der Waals surface area contributed by atoms with Crippen LogP contribution in [0, 0.1) is 13.8 Å². The van der Waals surface area contributed by atoms with E-state index >= 15 is 0 Å². The number of nitrogens with zero attached hydrogens (tertiary/aromatic N) is 3. The fourth-order valence-electron chi connectivity index (χ4n) is 8.48. The summed E-state index contributed by atoms with van der Waals surface area (Å²) in [4.78, 5) is 72.3. The Balaban J connectivity index is 1.70. The molecule has 0 radical (unpaired) electrons. The van der Waals surface area contributed by atoms with Crippen molar-refractivity contribution >= 4 is 45.7 Å². The maximum Gasteiger partial charge on any atom is 0.310 e. The first kappa shape index (κ1) is 38.8. The molecule has 0 aromatic carbocycles. The number of rotatable bonds is 11. The van der Waals surface area contributed by atoms with E-state index in [4.69, 9.17) is 14.7 Å². The van der Waals surface area contributed by atoms with Gasteiger partial charge in [-0.1, -0.05) is 20.8 Å². The Bertz CT molecular complexity index is 2130. The zero-order chi connectivity index (χ0) is 38.8. The van der Waals surface area contributed by atoms with E-state index in [1.807, 2.05) is 39.0 Å². The third kappa shape index (κ3) is 7.70. The third-order valence-electron chi connectivity index (χ3n) is 11.6. The molecule has 1 fully saturated rings. The van der Waals surface area contributed by atoms with Gasteiger partial charge in [0, 0.05) is 109 Å². The van der Waals surface area contributed by atoms with Crippen molar-refractivity contribution < 1.29 is 29.0 Å². The van der Waals surface area contributed by atoms with Crippen molar-refractivity contribution in [1.29, 1.82) is 0 Å². The number of Topliss-reactive ketones (excluding diaryl/α,β-unsaturated/α-hetero) is 1. The molecule has 13 nitrogen and oxygen atoms in total. The lowest BCUT2D eigenvalue weighted by atomic mass is 9.85. The summed E-state index contributed by atoms with van der Waals surface area (Å²) >= 11 is 0. The summed E-state index contributed by atoms with van der Waals surface area (Å²) < 4.78 is 5.20. The number of piperazine rings is 1. The van der Waals surface area contributed by atoms with E-state index in [-0.39, 0.29) is 48.7 Å². The lowest BCUT2D eigenvalue weighted by Crippen LogP contribution is -2.46. The first-order valence-electron chi connectivity index (χ1n) is 19.1. The minimum atomic E-state index is -0.941. The number of nitrogens with one attached hydrogen (secondary N) is 4. The van der Waals surface area contributed by atoms with Crippen LogP contribution in [0.4, 0.5) is 0 Å². The average Bonchev–Trinajstić information content (AvgIpc) is 3.82. The quantitative estimate of drug-likeness (QED) is 0.124. The fourth-order valence-corrected chi connectivity index (χ4v) is 8.48. The maximum absolute atomic E-state index is 14.3. The van der Waals surface area contributed by atoms with Crippen molar-refractivity contribution in [3.05, 3.63) is 68.8 Å². The van der Waals surface area contributed by atoms with E-state index < -0.39 is 17.9 Å². The van der Waals surface area contributed by atoms with Crippen molar-refractivity contribution in [3.8, 4) is 0 Å². The van der Waals surface area contributed by atoms with Gasteiger partial charge >= 0.3 is 11.9 Å². The molecule has 0 saturated carbocycles. The number of ether oxygens (including phenoxy) is 1. The van der Waals surface area contributed by atoms with E-state index in [0.717, 1.165) is 49.6 Å². The second-order valence-corrected chi connectivity index (χ2v) is 14.9. The van der Waals surface area contributed by atoms with Gasteiger partial charge in [-0.2, -0.15) is 0 Å². The van der Waals surface area contributed by atoms with Crippen LogP contribution in [-0.2, 0) is 20.7 Å². The predicted octanol–water partition coefficient (Wildman–Crippen LogP) is 5.53. The summed E-state index contributed by atoms with van der Waals surface area (Å²) in [6.07, 6.45) is 0.774. The second kappa shape index (κ2) is 16.2. The molecule has 5 N–H and O–H groups in total. The Hall–Kier alpha value is -4.88. The van der Waals surface area contributed by atoms with Crippen LogP contribution in [0.15, 0.2) is 18.2 Å². The molecule has 6 heterocycles. The van der Waals surface area contributed by atoms with Gasteiger partial charge in [-0.15, -0.1) is 0 Å². The number of carboxylic acid groups (broad SMARTS) is 1. The number of ketones is 1. The molecule has 13 heteroatoms. The monoisotopic (exact) mass is 739 g/mol. The van der Waals surface area contributed by atoms with E-state index in [1.54, 1.807) is 6.92 Å². The number of hydrogen-bond acceptors (Lipinski definition) is 9. The van der Waals surface area contributed by atoms with Crippen LogP contribution in [-0.4, -0.2) is 99.9 Å². The summed E-state index contributed by atoms with van der Waals surface area (Å²) in [5.74, 6) is -2.32. The maximum atomic E-state index is 14.3. The Labute approximate surface area is 315 Å². The second-order valence-electron chi connectivity index (χ2n) is 14.9. The Morgan fingerprint density at radius 3 is 2.20 bits per heavy atom. The molecular formula is C41H53N7O6. The number of amides is 1. The number of fused-ring (bicyclic) bond motifs is 8. The van der Waals surface area contributed by atoms with Gasteiger partial charge in [0.05, 0.1) is 35.8 Å². The number of aromatic nitrogens is 4. The topological polar surface area (TPSA) is 182 Å². The zero-order valence-electron chi connectivity index (χ0n) is 32.4. The lowest BCUT2D eigenvalue weighted by Gasteiger charge is -2.27. The van der Waals surface area contributed by atoms with Crippen LogP contribution in [0.2, 0.25) is 0 Å². The molecule has 4 atom stereocenters. The Morgan fingerprint density at radius 1 is 0.907 bits per heavy atom. The van der Waals surface area contributed by atoms with Gasteiger partial charge in [-0.3, -0.25) is 34.0 Å². The lowest BCUT2D eigenvalue weighted by molar-refractivity contribution is -0.140. The largest absolute Gasteiger partial charge is 0.481 e. The van der Waals surface area contributed by atoms with Gasteiger partial charge in [0.2, 0.25) is 0 Å². The molecule has 3 aliphatic rings. The van der Waals surface area contributed by atoms with E-state index in [0.29, 0.717) is 68.8 Å². The molecule has 3 aromatic rings. The Kier molecular flexibility index (Phi) is 11.7. The molecule has 288 valence electrons. The third-order valence-corrected chi connectivity index (χ3v) is 11.6. The number of aromatic amines is 2. The van der Waals surface area contributed by atoms with E-state index in [1.165, 1.54) is 7.11 Å². The van der Waals surface area contributed by atoms with Crippen LogP contribution in [0.1, 0.15) is 131 Å². The van der Waals surface area contributed by atoms with E-state index in [9.17, 15) is 24.3 Å². The van der Waals surface area contributed by atoms with Crippen LogP contribution in [0.3, 0.4) is 0 Å². The first-order chi connectivity index (χ1) is 25.8. The van der Waals surface area contributed by atoms with Gasteiger partial charge in [0.25, 0.3) is 5.91 Å². The summed E-state index contributed by atoms with van der Waals surface area (Å²) in [6.45, 7) is 16.4. The van der Waals surface area contributed by atoms with Crippen LogP contribution >= 0.6 is 0 Å². The van der Waals surface area contributed by atoms with Crippen molar-refractivity contribution in [3.63, 3.8) is 0 Å². The number of esters is 1.